The van der Waals surface area contributed by atoms with Gasteiger partial charge in [0.2, 0.25) is 5.91 Å². The van der Waals surface area contributed by atoms with Crippen molar-refractivity contribution in [2.45, 2.75) is 38.9 Å². The molecule has 1 atom stereocenters. The highest BCUT2D eigenvalue weighted by atomic mass is 32.2. The van der Waals surface area contributed by atoms with Crippen LogP contribution in [-0.2, 0) is 4.79 Å². The zero-order valence-electron chi connectivity index (χ0n) is 10.7. The van der Waals surface area contributed by atoms with Crippen LogP contribution in [0.25, 0.3) is 0 Å². The number of nitrogens with one attached hydrogen (secondary N) is 1. The molecule has 0 aromatic carbocycles. The number of nitrogens with zero attached hydrogens (tertiary/aromatic N) is 1. The minimum absolute atomic E-state index is 0.00545. The van der Waals surface area contributed by atoms with Gasteiger partial charge in [-0.05, 0) is 37.7 Å². The van der Waals surface area contributed by atoms with Gasteiger partial charge in [0.05, 0.1) is 5.25 Å². The Morgan fingerprint density at radius 1 is 1.59 bits per heavy atom. The van der Waals surface area contributed by atoms with Crippen molar-refractivity contribution in [3.05, 3.63) is 24.0 Å². The summed E-state index contributed by atoms with van der Waals surface area (Å²) >= 11 is 1.71. The van der Waals surface area contributed by atoms with Gasteiger partial charge in [-0.15, -0.1) is 11.8 Å². The monoisotopic (exact) mass is 252 g/mol. The first-order valence-corrected chi connectivity index (χ1v) is 7.03. The number of thioether (sulfide) groups is 1. The van der Waals surface area contributed by atoms with Gasteiger partial charge in [0.15, 0.2) is 0 Å². The average Bonchev–Trinajstić information content (AvgIpc) is 2.32. The second-order valence-electron chi connectivity index (χ2n) is 4.05. The van der Waals surface area contributed by atoms with E-state index in [0.29, 0.717) is 0 Å². The summed E-state index contributed by atoms with van der Waals surface area (Å²) in [6, 6.07) is 1.83. The number of amides is 1. The first kappa shape index (κ1) is 14.0. The van der Waals surface area contributed by atoms with Crippen LogP contribution in [0.15, 0.2) is 18.5 Å². The fourth-order valence-electron chi connectivity index (χ4n) is 1.33. The minimum Gasteiger partial charge on any atom is -0.325 e. The molecule has 0 radical (unpaired) electrons. The SMILES string of the molecule is CCCCS[C@@H](C)C(=O)Nc1ccncc1C. The maximum atomic E-state index is 11.9. The van der Waals surface area contributed by atoms with E-state index in [-0.39, 0.29) is 11.2 Å². The highest BCUT2D eigenvalue weighted by Gasteiger charge is 2.13. The highest BCUT2D eigenvalue weighted by molar-refractivity contribution is 8.00. The van der Waals surface area contributed by atoms with Crippen molar-refractivity contribution >= 4 is 23.4 Å². The number of hydrogen-bond donors (Lipinski definition) is 1. The molecular formula is C13H20N2OS. The Labute approximate surface area is 107 Å². The summed E-state index contributed by atoms with van der Waals surface area (Å²) in [5.41, 5.74) is 1.85. The molecule has 0 bridgehead atoms. The van der Waals surface area contributed by atoms with Crippen LogP contribution in [0.4, 0.5) is 5.69 Å². The summed E-state index contributed by atoms with van der Waals surface area (Å²) in [7, 11) is 0. The van der Waals surface area contributed by atoms with Gasteiger partial charge >= 0.3 is 0 Å². The minimum atomic E-state index is -0.00545. The maximum Gasteiger partial charge on any atom is 0.237 e. The summed E-state index contributed by atoms with van der Waals surface area (Å²) < 4.78 is 0. The van der Waals surface area contributed by atoms with Gasteiger partial charge < -0.3 is 5.32 Å². The van der Waals surface area contributed by atoms with E-state index in [1.54, 1.807) is 24.2 Å². The number of unbranched alkanes of at least 4 members (excludes halogenated alkanes) is 1. The lowest BCUT2D eigenvalue weighted by Crippen LogP contribution is -2.23. The average molecular weight is 252 g/mol. The molecule has 0 aliphatic carbocycles. The summed E-state index contributed by atoms with van der Waals surface area (Å²) in [6.45, 7) is 6.05. The largest absolute Gasteiger partial charge is 0.325 e. The van der Waals surface area contributed by atoms with Crippen LogP contribution in [0, 0.1) is 6.92 Å². The summed E-state index contributed by atoms with van der Waals surface area (Å²) in [6.07, 6.45) is 5.78. The molecule has 0 aliphatic rings. The molecule has 0 saturated carbocycles. The molecule has 3 nitrogen and oxygen atoms in total. The van der Waals surface area contributed by atoms with E-state index in [9.17, 15) is 4.79 Å². The lowest BCUT2D eigenvalue weighted by atomic mass is 10.2. The fourth-order valence-corrected chi connectivity index (χ4v) is 2.35. The third kappa shape index (κ3) is 4.77. The first-order chi connectivity index (χ1) is 8.15. The van der Waals surface area contributed by atoms with E-state index in [1.807, 2.05) is 19.9 Å². The molecule has 1 heterocycles. The standard InChI is InChI=1S/C13H20N2OS/c1-4-5-8-17-11(3)13(16)15-12-6-7-14-9-10(12)2/h6-7,9,11H,4-5,8H2,1-3H3,(H,14,15,16)/t11-/m0/s1. The maximum absolute atomic E-state index is 11.9. The number of anilines is 1. The predicted molar refractivity (Wildman–Crippen MR) is 74.4 cm³/mol. The zero-order chi connectivity index (χ0) is 12.7. The molecule has 1 N–H and O–H groups in total. The Hall–Kier alpha value is -1.03. The Kier molecular flexibility index (Phi) is 6.05. The van der Waals surface area contributed by atoms with Gasteiger partial charge in [-0.2, -0.15) is 0 Å². The van der Waals surface area contributed by atoms with Crippen LogP contribution in [0.2, 0.25) is 0 Å². The third-order valence-corrected chi connectivity index (χ3v) is 3.75. The molecule has 0 unspecified atom stereocenters. The van der Waals surface area contributed by atoms with Gasteiger partial charge in [0.25, 0.3) is 0 Å². The summed E-state index contributed by atoms with van der Waals surface area (Å²) in [5.74, 6) is 1.11. The van der Waals surface area contributed by atoms with Crippen LogP contribution >= 0.6 is 11.8 Å². The van der Waals surface area contributed by atoms with Gasteiger partial charge in [0.1, 0.15) is 0 Å². The molecule has 17 heavy (non-hydrogen) atoms. The van der Waals surface area contributed by atoms with Gasteiger partial charge in [-0.1, -0.05) is 13.3 Å². The molecule has 0 aliphatic heterocycles. The molecule has 4 heteroatoms. The molecular weight excluding hydrogens is 232 g/mol. The van der Waals surface area contributed by atoms with E-state index < -0.39 is 0 Å². The number of pyridine rings is 1. The highest BCUT2D eigenvalue weighted by Crippen LogP contribution is 2.17. The number of hydrogen-bond acceptors (Lipinski definition) is 3. The topological polar surface area (TPSA) is 42.0 Å². The second kappa shape index (κ2) is 7.33. The fraction of sp³-hybridized carbons (Fsp3) is 0.538. The van der Waals surface area contributed by atoms with Crippen molar-refractivity contribution in [1.29, 1.82) is 0 Å². The quantitative estimate of drug-likeness (QED) is 0.790. The molecule has 0 saturated heterocycles. The Bertz CT molecular complexity index is 368. The molecule has 1 aromatic heterocycles. The number of aromatic nitrogens is 1. The lowest BCUT2D eigenvalue weighted by molar-refractivity contribution is -0.115. The van der Waals surface area contributed by atoms with Gasteiger partial charge in [0, 0.05) is 18.1 Å². The zero-order valence-corrected chi connectivity index (χ0v) is 11.5. The van der Waals surface area contributed by atoms with E-state index in [0.717, 1.165) is 23.4 Å². The van der Waals surface area contributed by atoms with Crippen LogP contribution in [0.3, 0.4) is 0 Å². The second-order valence-corrected chi connectivity index (χ2v) is 5.50. The molecule has 0 fully saturated rings. The van der Waals surface area contributed by atoms with Crippen molar-refractivity contribution in [3.63, 3.8) is 0 Å². The van der Waals surface area contributed by atoms with Crippen molar-refractivity contribution in [2.75, 3.05) is 11.1 Å². The number of carbonyl (C=O) groups excluding carboxylic acids is 1. The van der Waals surface area contributed by atoms with Crippen LogP contribution in [0.1, 0.15) is 32.3 Å². The first-order valence-electron chi connectivity index (χ1n) is 5.98. The molecule has 0 spiro atoms. The van der Waals surface area contributed by atoms with Crippen molar-refractivity contribution in [3.8, 4) is 0 Å². The van der Waals surface area contributed by atoms with E-state index in [1.165, 1.54) is 6.42 Å². The number of carbonyl (C=O) groups is 1. The predicted octanol–water partition coefficient (Wildman–Crippen LogP) is 3.25. The van der Waals surface area contributed by atoms with Crippen LogP contribution in [0.5, 0.6) is 0 Å². The van der Waals surface area contributed by atoms with Crippen LogP contribution < -0.4 is 5.32 Å². The van der Waals surface area contributed by atoms with E-state index in [2.05, 4.69) is 17.2 Å². The normalized spacial score (nSPS) is 12.2. The van der Waals surface area contributed by atoms with Crippen molar-refractivity contribution in [1.82, 2.24) is 4.98 Å². The molecule has 1 amide bonds. The van der Waals surface area contributed by atoms with Crippen molar-refractivity contribution < 1.29 is 4.79 Å². The van der Waals surface area contributed by atoms with E-state index >= 15 is 0 Å². The summed E-state index contributed by atoms with van der Waals surface area (Å²) in [5, 5.41) is 2.93. The molecule has 1 aromatic rings. The van der Waals surface area contributed by atoms with Crippen molar-refractivity contribution in [2.24, 2.45) is 0 Å². The third-order valence-electron chi connectivity index (χ3n) is 2.51. The van der Waals surface area contributed by atoms with E-state index in [4.69, 9.17) is 0 Å². The molecule has 1 rings (SSSR count). The lowest BCUT2D eigenvalue weighted by Gasteiger charge is -2.12. The number of rotatable bonds is 6. The summed E-state index contributed by atoms with van der Waals surface area (Å²) in [4.78, 5) is 15.9. The Morgan fingerprint density at radius 2 is 2.35 bits per heavy atom. The Balaban J connectivity index is 2.46. The molecule has 94 valence electrons. The smallest absolute Gasteiger partial charge is 0.237 e. The Morgan fingerprint density at radius 3 is 3.00 bits per heavy atom. The van der Waals surface area contributed by atoms with Gasteiger partial charge in [-0.3, -0.25) is 9.78 Å². The number of aryl methyl sites for hydroxylation is 1. The van der Waals surface area contributed by atoms with Crippen LogP contribution in [-0.4, -0.2) is 21.9 Å². The van der Waals surface area contributed by atoms with Gasteiger partial charge in [-0.25, -0.2) is 0 Å².